The molecule has 12 heteroatoms. The average Bonchev–Trinajstić information content (AvgIpc) is 2.89. The van der Waals surface area contributed by atoms with Gasteiger partial charge in [-0.25, -0.2) is 4.98 Å². The van der Waals surface area contributed by atoms with Crippen LogP contribution < -0.4 is 10.2 Å². The highest BCUT2D eigenvalue weighted by Crippen LogP contribution is 2.41. The second-order valence-corrected chi connectivity index (χ2v) is 9.90. The molecule has 0 aliphatic carbocycles. The summed E-state index contributed by atoms with van der Waals surface area (Å²) in [6.45, 7) is 3.85. The number of rotatable bonds is 8. The number of nitrogens with one attached hydrogen (secondary N) is 1. The van der Waals surface area contributed by atoms with Crippen LogP contribution in [0.15, 0.2) is 54.7 Å². The van der Waals surface area contributed by atoms with Gasteiger partial charge in [-0.05, 0) is 61.7 Å². The van der Waals surface area contributed by atoms with Crippen LogP contribution in [0.4, 0.5) is 37.8 Å². The molecule has 2 aromatic carbocycles. The van der Waals surface area contributed by atoms with E-state index in [9.17, 15) is 36.2 Å². The first-order valence-corrected chi connectivity index (χ1v) is 12.1. The molecule has 0 spiro atoms. The van der Waals surface area contributed by atoms with E-state index < -0.39 is 53.1 Å². The zero-order valence-corrected chi connectivity index (χ0v) is 22.2. The van der Waals surface area contributed by atoms with Crippen LogP contribution in [-0.2, 0) is 22.6 Å². The van der Waals surface area contributed by atoms with Crippen LogP contribution in [0.1, 0.15) is 36.1 Å². The normalized spacial score (nSPS) is 13.2. The van der Waals surface area contributed by atoms with Crippen molar-refractivity contribution in [2.75, 3.05) is 30.4 Å². The molecule has 6 nitrogen and oxygen atoms in total. The Morgan fingerprint density at radius 3 is 2.02 bits per heavy atom. The molecule has 0 radical (unpaired) electrons. The van der Waals surface area contributed by atoms with Crippen molar-refractivity contribution in [1.29, 1.82) is 0 Å². The SMILES string of the molecule is Cc1ccccc1-c1cc(NC[C@@H](O)CO)ncc1N(C)C(=O)C(C)(C)c1cc(C(F)(F)F)cc(C(F)(F)F)c1. The first-order valence-electron chi connectivity index (χ1n) is 12.1. The number of aliphatic hydroxyl groups is 2. The molecule has 216 valence electrons. The lowest BCUT2D eigenvalue weighted by atomic mass is 9.81. The molecular weight excluding hydrogens is 540 g/mol. The lowest BCUT2D eigenvalue weighted by Crippen LogP contribution is -2.42. The first kappa shape index (κ1) is 30.9. The molecule has 1 atom stereocenters. The van der Waals surface area contributed by atoms with Gasteiger partial charge in [-0.3, -0.25) is 4.79 Å². The monoisotopic (exact) mass is 569 g/mol. The van der Waals surface area contributed by atoms with E-state index in [2.05, 4.69) is 10.3 Å². The number of alkyl halides is 6. The van der Waals surface area contributed by atoms with Crippen molar-refractivity contribution >= 4 is 17.4 Å². The molecule has 3 rings (SSSR count). The Kier molecular flexibility index (Phi) is 8.85. The van der Waals surface area contributed by atoms with Gasteiger partial charge in [-0.1, -0.05) is 24.3 Å². The molecule has 1 heterocycles. The Balaban J connectivity index is 2.11. The Morgan fingerprint density at radius 1 is 0.950 bits per heavy atom. The Labute approximate surface area is 227 Å². The molecule has 3 aromatic rings. The Hall–Kier alpha value is -3.64. The molecule has 0 bridgehead atoms. The number of aryl methyl sites for hydroxylation is 1. The summed E-state index contributed by atoms with van der Waals surface area (Å²) in [5.41, 5.74) is -3.00. The van der Waals surface area contributed by atoms with Crippen molar-refractivity contribution in [2.45, 2.75) is 44.6 Å². The molecule has 0 saturated carbocycles. The van der Waals surface area contributed by atoms with E-state index in [4.69, 9.17) is 5.11 Å². The standard InChI is InChI=1S/C28H29F6N3O3/c1-16-7-5-6-8-21(16)22-12-24(35-13-20(39)15-38)36-14-23(22)37(4)25(40)26(2,3)17-9-18(27(29,30)31)11-19(10-17)28(32,33)34/h5-12,14,20,38-39H,13,15H2,1-4H3,(H,35,36)/t20-/m1/s1. The van der Waals surface area contributed by atoms with Gasteiger partial charge in [0.2, 0.25) is 5.91 Å². The molecular formula is C28H29F6N3O3. The van der Waals surface area contributed by atoms with Gasteiger partial charge in [0.05, 0.1) is 41.1 Å². The van der Waals surface area contributed by atoms with Crippen LogP contribution in [-0.4, -0.2) is 47.4 Å². The average molecular weight is 570 g/mol. The van der Waals surface area contributed by atoms with E-state index in [0.29, 0.717) is 29.1 Å². The van der Waals surface area contributed by atoms with Gasteiger partial charge >= 0.3 is 12.4 Å². The van der Waals surface area contributed by atoms with Gasteiger partial charge in [0.25, 0.3) is 0 Å². The topological polar surface area (TPSA) is 85.7 Å². The third-order valence-electron chi connectivity index (χ3n) is 6.56. The summed E-state index contributed by atoms with van der Waals surface area (Å²) in [5.74, 6) is -0.463. The predicted molar refractivity (Wildman–Crippen MR) is 139 cm³/mol. The largest absolute Gasteiger partial charge is 0.416 e. The number of pyridine rings is 1. The van der Waals surface area contributed by atoms with Crippen LogP contribution >= 0.6 is 0 Å². The summed E-state index contributed by atoms with van der Waals surface area (Å²) in [5, 5.41) is 21.6. The molecule has 0 fully saturated rings. The van der Waals surface area contributed by atoms with Gasteiger partial charge in [0, 0.05) is 19.2 Å². The van der Waals surface area contributed by atoms with Crippen LogP contribution in [0.2, 0.25) is 0 Å². The summed E-state index contributed by atoms with van der Waals surface area (Å²) in [6.07, 6.45) is -9.83. The number of carbonyl (C=O) groups excluding carboxylic acids is 1. The van der Waals surface area contributed by atoms with Gasteiger partial charge in [0.15, 0.2) is 0 Å². The van der Waals surface area contributed by atoms with Gasteiger partial charge in [0.1, 0.15) is 5.82 Å². The molecule has 1 aromatic heterocycles. The minimum absolute atomic E-state index is 0.0189. The second kappa shape index (κ2) is 11.5. The maximum Gasteiger partial charge on any atom is 0.416 e. The molecule has 40 heavy (non-hydrogen) atoms. The third-order valence-corrected chi connectivity index (χ3v) is 6.56. The second-order valence-electron chi connectivity index (χ2n) is 9.90. The molecule has 0 unspecified atom stereocenters. The molecule has 0 saturated heterocycles. The summed E-state index contributed by atoms with van der Waals surface area (Å²) in [6, 6.07) is 9.92. The van der Waals surface area contributed by atoms with Crippen molar-refractivity contribution in [2.24, 2.45) is 0 Å². The first-order chi connectivity index (χ1) is 18.5. The number of hydrogen-bond acceptors (Lipinski definition) is 5. The number of amides is 1. The zero-order chi connectivity index (χ0) is 30.0. The lowest BCUT2D eigenvalue weighted by Gasteiger charge is -2.32. The lowest BCUT2D eigenvalue weighted by molar-refractivity contribution is -0.143. The third kappa shape index (κ3) is 6.73. The minimum Gasteiger partial charge on any atom is -0.394 e. The van der Waals surface area contributed by atoms with Crippen molar-refractivity contribution in [3.63, 3.8) is 0 Å². The minimum atomic E-state index is -5.06. The number of anilines is 2. The molecule has 0 aliphatic rings. The van der Waals surface area contributed by atoms with Crippen LogP contribution in [0, 0.1) is 6.92 Å². The maximum atomic E-state index is 13.8. The van der Waals surface area contributed by atoms with E-state index in [-0.39, 0.29) is 18.3 Å². The highest BCUT2D eigenvalue weighted by atomic mass is 19.4. The van der Waals surface area contributed by atoms with Crippen LogP contribution in [0.25, 0.3) is 11.1 Å². The van der Waals surface area contributed by atoms with E-state index in [1.807, 2.05) is 13.0 Å². The summed E-state index contributed by atoms with van der Waals surface area (Å²) >= 11 is 0. The highest BCUT2D eigenvalue weighted by Gasteiger charge is 2.41. The molecule has 3 N–H and O–H groups in total. The van der Waals surface area contributed by atoms with Crippen molar-refractivity contribution in [3.8, 4) is 11.1 Å². The Morgan fingerprint density at radius 2 is 1.50 bits per heavy atom. The smallest absolute Gasteiger partial charge is 0.394 e. The van der Waals surface area contributed by atoms with Gasteiger partial charge in [-0.15, -0.1) is 0 Å². The maximum absolute atomic E-state index is 13.8. The van der Waals surface area contributed by atoms with Crippen molar-refractivity contribution < 1.29 is 41.4 Å². The van der Waals surface area contributed by atoms with Gasteiger partial charge < -0.3 is 20.4 Å². The number of nitrogens with zero attached hydrogens (tertiary/aromatic N) is 2. The van der Waals surface area contributed by atoms with E-state index in [1.54, 1.807) is 24.3 Å². The van der Waals surface area contributed by atoms with Crippen LogP contribution in [0.3, 0.4) is 0 Å². The Bertz CT molecular complexity index is 1340. The molecule has 1 amide bonds. The van der Waals surface area contributed by atoms with Crippen molar-refractivity contribution in [3.05, 3.63) is 77.0 Å². The summed E-state index contributed by atoms with van der Waals surface area (Å²) < 4.78 is 81.0. The van der Waals surface area contributed by atoms with E-state index in [1.165, 1.54) is 27.1 Å². The van der Waals surface area contributed by atoms with Crippen LogP contribution in [0.5, 0.6) is 0 Å². The fraction of sp³-hybridized carbons (Fsp3) is 0.357. The summed E-state index contributed by atoms with van der Waals surface area (Å²) in [4.78, 5) is 19.2. The number of hydrogen-bond donors (Lipinski definition) is 3. The number of halogens is 6. The fourth-order valence-electron chi connectivity index (χ4n) is 4.16. The quantitative estimate of drug-likeness (QED) is 0.299. The number of likely N-dealkylation sites (N-methyl/N-ethyl adjacent to an activating group) is 1. The van der Waals surface area contributed by atoms with E-state index >= 15 is 0 Å². The molecule has 0 aliphatic heterocycles. The number of carbonyl (C=O) groups is 1. The zero-order valence-electron chi connectivity index (χ0n) is 22.2. The van der Waals surface area contributed by atoms with Crippen molar-refractivity contribution in [1.82, 2.24) is 4.98 Å². The summed E-state index contributed by atoms with van der Waals surface area (Å²) in [7, 11) is 1.36. The number of benzene rings is 2. The highest BCUT2D eigenvalue weighted by molar-refractivity contribution is 6.03. The van der Waals surface area contributed by atoms with E-state index in [0.717, 1.165) is 10.5 Å². The van der Waals surface area contributed by atoms with Gasteiger partial charge in [-0.2, -0.15) is 26.3 Å². The fourth-order valence-corrected chi connectivity index (χ4v) is 4.16. The number of aromatic nitrogens is 1. The predicted octanol–water partition coefficient (Wildman–Crippen LogP) is 5.80. The number of aliphatic hydroxyl groups excluding tert-OH is 2.